The Labute approximate surface area is 133 Å². The highest BCUT2D eigenvalue weighted by molar-refractivity contribution is 7.11. The molecule has 2 heterocycles. The van der Waals surface area contributed by atoms with Gasteiger partial charge in [0.2, 0.25) is 0 Å². The highest BCUT2D eigenvalue weighted by Gasteiger charge is 2.06. The summed E-state index contributed by atoms with van der Waals surface area (Å²) in [7, 11) is 0. The van der Waals surface area contributed by atoms with E-state index in [0.717, 1.165) is 23.7 Å². The highest BCUT2D eigenvalue weighted by Crippen LogP contribution is 2.12. The van der Waals surface area contributed by atoms with Crippen LogP contribution in [0, 0.1) is 13.8 Å². The van der Waals surface area contributed by atoms with Gasteiger partial charge in [-0.2, -0.15) is 0 Å². The molecule has 21 heavy (non-hydrogen) atoms. The van der Waals surface area contributed by atoms with E-state index < -0.39 is 6.10 Å². The summed E-state index contributed by atoms with van der Waals surface area (Å²) in [6.45, 7) is 6.23. The van der Waals surface area contributed by atoms with Crippen LogP contribution in [0.4, 0.5) is 0 Å². The molecular weight excluding hydrogens is 306 g/mol. The molecule has 0 aliphatic carbocycles. The van der Waals surface area contributed by atoms with Gasteiger partial charge in [-0.05, 0) is 13.8 Å². The molecule has 1 atom stereocenters. The number of aromatic nitrogens is 2. The number of hydrogen-bond acceptors (Lipinski definition) is 7. The van der Waals surface area contributed by atoms with Crippen LogP contribution in [0.3, 0.4) is 0 Å². The van der Waals surface area contributed by atoms with Crippen molar-refractivity contribution in [3.63, 3.8) is 0 Å². The Morgan fingerprint density at radius 3 is 2.90 bits per heavy atom. The molecule has 0 aromatic carbocycles. The first-order valence-electron chi connectivity index (χ1n) is 6.92. The van der Waals surface area contributed by atoms with Crippen molar-refractivity contribution in [2.45, 2.75) is 32.9 Å². The van der Waals surface area contributed by atoms with E-state index in [4.69, 9.17) is 4.74 Å². The molecule has 2 aromatic rings. The minimum Gasteiger partial charge on any atom is -0.389 e. The lowest BCUT2D eigenvalue weighted by Gasteiger charge is -2.11. The Hall–Kier alpha value is -0.860. The Kier molecular flexibility index (Phi) is 6.72. The van der Waals surface area contributed by atoms with Crippen molar-refractivity contribution in [1.29, 1.82) is 0 Å². The quantitative estimate of drug-likeness (QED) is 0.689. The summed E-state index contributed by atoms with van der Waals surface area (Å²) >= 11 is 3.32. The monoisotopic (exact) mass is 327 g/mol. The van der Waals surface area contributed by atoms with Crippen molar-refractivity contribution in [2.24, 2.45) is 0 Å². The molecule has 0 aliphatic heterocycles. The number of ether oxygens (including phenoxy) is 1. The molecule has 0 bridgehead atoms. The maximum Gasteiger partial charge on any atom is 0.0897 e. The Balaban J connectivity index is 1.53. The molecule has 116 valence electrons. The number of thiazole rings is 2. The fraction of sp³-hybridized carbons (Fsp3) is 0.571. The summed E-state index contributed by atoms with van der Waals surface area (Å²) in [5, 5.41) is 14.1. The van der Waals surface area contributed by atoms with Gasteiger partial charge in [0.05, 0.1) is 35.5 Å². The molecule has 0 saturated heterocycles. The third-order valence-corrected chi connectivity index (χ3v) is 4.88. The maximum absolute atomic E-state index is 9.83. The van der Waals surface area contributed by atoms with Gasteiger partial charge in [0.25, 0.3) is 0 Å². The van der Waals surface area contributed by atoms with Crippen LogP contribution < -0.4 is 5.32 Å². The van der Waals surface area contributed by atoms with Crippen molar-refractivity contribution in [3.05, 3.63) is 32.2 Å². The van der Waals surface area contributed by atoms with Crippen LogP contribution in [0.2, 0.25) is 0 Å². The Bertz CT molecular complexity index is 542. The third-order valence-electron chi connectivity index (χ3n) is 2.98. The van der Waals surface area contributed by atoms with E-state index in [0.29, 0.717) is 19.8 Å². The number of nitrogens with one attached hydrogen (secondary N) is 1. The first-order chi connectivity index (χ1) is 10.1. The zero-order chi connectivity index (χ0) is 15.1. The smallest absolute Gasteiger partial charge is 0.0897 e. The van der Waals surface area contributed by atoms with Crippen molar-refractivity contribution < 1.29 is 9.84 Å². The number of nitrogens with zero attached hydrogens (tertiary/aromatic N) is 2. The predicted octanol–water partition coefficient (Wildman–Crippen LogP) is 1.93. The van der Waals surface area contributed by atoms with Crippen LogP contribution >= 0.6 is 22.7 Å². The average molecular weight is 327 g/mol. The second-order valence-electron chi connectivity index (χ2n) is 4.82. The van der Waals surface area contributed by atoms with Gasteiger partial charge in [0, 0.05) is 35.5 Å². The van der Waals surface area contributed by atoms with E-state index in [9.17, 15) is 5.11 Å². The second-order valence-corrected chi connectivity index (χ2v) is 7.07. The second kappa shape index (κ2) is 8.55. The summed E-state index contributed by atoms with van der Waals surface area (Å²) in [5.74, 6) is 0. The largest absolute Gasteiger partial charge is 0.389 e. The number of aliphatic hydroxyl groups is 1. The first-order valence-corrected chi connectivity index (χ1v) is 8.61. The average Bonchev–Trinajstić information content (AvgIpc) is 3.04. The predicted molar refractivity (Wildman–Crippen MR) is 85.9 cm³/mol. The van der Waals surface area contributed by atoms with Gasteiger partial charge in [-0.3, -0.25) is 0 Å². The fourth-order valence-corrected chi connectivity index (χ4v) is 3.39. The molecule has 0 fully saturated rings. The minimum absolute atomic E-state index is 0.354. The van der Waals surface area contributed by atoms with Crippen molar-refractivity contribution in [3.8, 4) is 0 Å². The summed E-state index contributed by atoms with van der Waals surface area (Å²) in [4.78, 5) is 10.8. The molecule has 7 heteroatoms. The summed E-state index contributed by atoms with van der Waals surface area (Å²) in [6.07, 6.45) is 2.24. The van der Waals surface area contributed by atoms with Gasteiger partial charge >= 0.3 is 0 Å². The number of hydrogen-bond donors (Lipinski definition) is 2. The van der Waals surface area contributed by atoms with E-state index >= 15 is 0 Å². The van der Waals surface area contributed by atoms with Crippen molar-refractivity contribution >= 4 is 22.7 Å². The SMILES string of the molecule is Cc1ncc(CNCC(O)COCCc2scnc2C)s1. The molecule has 0 radical (unpaired) electrons. The van der Waals surface area contributed by atoms with E-state index in [-0.39, 0.29) is 0 Å². The molecule has 0 amide bonds. The molecule has 0 aliphatic rings. The standard InChI is InChI=1S/C14H21N3O2S2/c1-10-14(20-9-17-10)3-4-19-8-12(18)5-15-6-13-7-16-11(2)21-13/h7,9,12,15,18H,3-6,8H2,1-2H3. The molecule has 0 spiro atoms. The molecule has 0 saturated carbocycles. The van der Waals surface area contributed by atoms with Crippen LogP contribution in [-0.4, -0.2) is 40.9 Å². The first kappa shape index (κ1) is 16.5. The fourth-order valence-electron chi connectivity index (χ4n) is 1.86. The zero-order valence-corrected chi connectivity index (χ0v) is 14.0. The topological polar surface area (TPSA) is 67.3 Å². The summed E-state index contributed by atoms with van der Waals surface area (Å²) in [6, 6.07) is 0. The number of rotatable bonds is 9. The van der Waals surface area contributed by atoms with Gasteiger partial charge in [-0.1, -0.05) is 0 Å². The van der Waals surface area contributed by atoms with Crippen LogP contribution in [0.25, 0.3) is 0 Å². The van der Waals surface area contributed by atoms with E-state index in [1.165, 1.54) is 9.75 Å². The Morgan fingerprint density at radius 2 is 2.24 bits per heavy atom. The van der Waals surface area contributed by atoms with Crippen LogP contribution in [0.5, 0.6) is 0 Å². The van der Waals surface area contributed by atoms with Gasteiger partial charge in [0.15, 0.2) is 0 Å². The normalized spacial score (nSPS) is 12.7. The number of aryl methyl sites for hydroxylation is 2. The van der Waals surface area contributed by atoms with E-state index in [1.807, 2.05) is 25.6 Å². The molecule has 5 nitrogen and oxygen atoms in total. The summed E-state index contributed by atoms with van der Waals surface area (Å²) in [5.41, 5.74) is 2.93. The van der Waals surface area contributed by atoms with Gasteiger partial charge in [-0.15, -0.1) is 22.7 Å². The lowest BCUT2D eigenvalue weighted by molar-refractivity contribution is 0.0384. The molecular formula is C14H21N3O2S2. The lowest BCUT2D eigenvalue weighted by Crippen LogP contribution is -2.30. The zero-order valence-electron chi connectivity index (χ0n) is 12.3. The van der Waals surface area contributed by atoms with E-state index in [2.05, 4.69) is 15.3 Å². The van der Waals surface area contributed by atoms with Crippen LogP contribution in [0.1, 0.15) is 20.5 Å². The Morgan fingerprint density at radius 1 is 1.38 bits per heavy atom. The van der Waals surface area contributed by atoms with Crippen molar-refractivity contribution in [2.75, 3.05) is 19.8 Å². The minimum atomic E-state index is -0.485. The highest BCUT2D eigenvalue weighted by atomic mass is 32.1. The third kappa shape index (κ3) is 5.80. The van der Waals surface area contributed by atoms with Crippen molar-refractivity contribution in [1.82, 2.24) is 15.3 Å². The van der Waals surface area contributed by atoms with Gasteiger partial charge in [-0.25, -0.2) is 9.97 Å². The van der Waals surface area contributed by atoms with Gasteiger partial charge < -0.3 is 15.2 Å². The van der Waals surface area contributed by atoms with Crippen LogP contribution in [-0.2, 0) is 17.7 Å². The molecule has 1 unspecified atom stereocenters. The van der Waals surface area contributed by atoms with E-state index in [1.54, 1.807) is 22.7 Å². The molecule has 2 rings (SSSR count). The molecule has 2 aromatic heterocycles. The maximum atomic E-state index is 9.83. The molecule has 2 N–H and O–H groups in total. The number of aliphatic hydroxyl groups excluding tert-OH is 1. The van der Waals surface area contributed by atoms with Gasteiger partial charge in [0.1, 0.15) is 0 Å². The van der Waals surface area contributed by atoms with Crippen LogP contribution in [0.15, 0.2) is 11.7 Å². The summed E-state index contributed by atoms with van der Waals surface area (Å²) < 4.78 is 5.51. The lowest BCUT2D eigenvalue weighted by atomic mass is 10.3.